The molecule has 19 rings (SSSR count). The molecule has 6 heteroatoms. The maximum absolute atomic E-state index is 6.52. The molecule has 4 aromatic heterocycles. The lowest BCUT2D eigenvalue weighted by Crippen LogP contribution is -2.10. The zero-order valence-corrected chi connectivity index (χ0v) is 53.8. The molecule has 0 aliphatic carbocycles. The summed E-state index contributed by atoms with van der Waals surface area (Å²) in [6, 6.07) is 129. The number of hydrogen-bond donors (Lipinski definition) is 0. The van der Waals surface area contributed by atoms with Gasteiger partial charge < -0.3 is 18.8 Å². The van der Waals surface area contributed by atoms with Crippen LogP contribution >= 0.6 is 22.7 Å². The molecule has 0 saturated carbocycles. The number of para-hydroxylation sites is 4. The van der Waals surface area contributed by atoms with Gasteiger partial charge in [0.25, 0.3) is 0 Å². The third-order valence-corrected chi connectivity index (χ3v) is 21.0. The Balaban J connectivity index is 0.000000141. The van der Waals surface area contributed by atoms with Crippen molar-refractivity contribution in [1.29, 1.82) is 0 Å². The largest absolute Gasteiger partial charge is 0.454 e. The van der Waals surface area contributed by atoms with E-state index in [0.717, 1.165) is 61.8 Å². The number of benzene rings is 15. The average molecular weight is 1260 g/mol. The number of aromatic nitrogens is 1. The molecular weight excluding hydrogens is 1200 g/mol. The van der Waals surface area contributed by atoms with E-state index in [-0.39, 0.29) is 0 Å². The third kappa shape index (κ3) is 10.2. The fourth-order valence-corrected chi connectivity index (χ4v) is 16.3. The fourth-order valence-electron chi connectivity index (χ4n) is 14.0. The quantitative estimate of drug-likeness (QED) is 0.129. The molecule has 0 saturated heterocycles. The SMILES string of the molecule is c1ccc(-c2ccc(N(c3ccc(-c4ccc5c(c4)sc4ccccc45)cc3)c3ccc4c(c3)c3ccccc3n4-c3ccccc3)cc2)cc1.c1ccc(-c2ccc(N(c3ccc(-c4ccc5c(c4)sc4ccccc45)cc3)c3cccc4c3oc3ccccc34)cc2)cc1. The smallest absolute Gasteiger partial charge is 0.159 e. The molecule has 4 nitrogen and oxygen atoms in total. The first kappa shape index (κ1) is 56.7. The Kier molecular flexibility index (Phi) is 14.2. The Morgan fingerprint density at radius 1 is 0.229 bits per heavy atom. The molecule has 0 fully saturated rings. The lowest BCUT2D eigenvalue weighted by Gasteiger charge is -2.26. The number of anilines is 6. The summed E-state index contributed by atoms with van der Waals surface area (Å²) < 4.78 is 14.2. The summed E-state index contributed by atoms with van der Waals surface area (Å²) in [7, 11) is 0. The number of furan rings is 1. The predicted molar refractivity (Wildman–Crippen MR) is 411 cm³/mol. The second-order valence-corrected chi connectivity index (χ2v) is 26.5. The summed E-state index contributed by atoms with van der Waals surface area (Å²) in [6.45, 7) is 0. The molecule has 19 aromatic rings. The van der Waals surface area contributed by atoms with Crippen molar-refractivity contribution in [1.82, 2.24) is 4.57 Å². The first-order chi connectivity index (χ1) is 47.6. The highest BCUT2D eigenvalue weighted by Crippen LogP contribution is 2.46. The van der Waals surface area contributed by atoms with Gasteiger partial charge in [-0.2, -0.15) is 0 Å². The van der Waals surface area contributed by atoms with Crippen molar-refractivity contribution >= 4 is 141 Å². The summed E-state index contributed by atoms with van der Waals surface area (Å²) in [4.78, 5) is 4.68. The van der Waals surface area contributed by atoms with E-state index in [0.29, 0.717) is 0 Å². The number of hydrogen-bond acceptors (Lipinski definition) is 5. The van der Waals surface area contributed by atoms with Crippen LogP contribution in [0.15, 0.2) is 362 Å². The van der Waals surface area contributed by atoms with Gasteiger partial charge in [0.1, 0.15) is 5.58 Å². The fraction of sp³-hybridized carbons (Fsp3) is 0. The molecule has 452 valence electrons. The summed E-state index contributed by atoms with van der Waals surface area (Å²) in [5.74, 6) is 0. The van der Waals surface area contributed by atoms with Gasteiger partial charge in [0.2, 0.25) is 0 Å². The molecule has 0 atom stereocenters. The second kappa shape index (κ2) is 24.1. The summed E-state index contributed by atoms with van der Waals surface area (Å²) in [5, 5.41) is 10.0. The van der Waals surface area contributed by atoms with Gasteiger partial charge in [0.05, 0.1) is 16.7 Å². The highest BCUT2D eigenvalue weighted by Gasteiger charge is 2.22. The van der Waals surface area contributed by atoms with Crippen LogP contribution in [0.25, 0.3) is 134 Å². The van der Waals surface area contributed by atoms with Crippen molar-refractivity contribution in [3.63, 3.8) is 0 Å². The van der Waals surface area contributed by atoms with Crippen LogP contribution in [-0.2, 0) is 0 Å². The Hall–Kier alpha value is -12.1. The molecular formula is C90H59N3OS2. The van der Waals surface area contributed by atoms with Gasteiger partial charge in [-0.3, -0.25) is 0 Å². The zero-order chi connectivity index (χ0) is 63.5. The van der Waals surface area contributed by atoms with Crippen LogP contribution in [0.2, 0.25) is 0 Å². The molecule has 0 spiro atoms. The van der Waals surface area contributed by atoms with E-state index in [2.05, 4.69) is 360 Å². The second-order valence-electron chi connectivity index (χ2n) is 24.4. The lowest BCUT2D eigenvalue weighted by atomic mass is 10.0. The number of fused-ring (bicyclic) bond motifs is 12. The third-order valence-electron chi connectivity index (χ3n) is 18.7. The van der Waals surface area contributed by atoms with Crippen molar-refractivity contribution in [2.75, 3.05) is 9.80 Å². The monoisotopic (exact) mass is 1260 g/mol. The molecule has 0 radical (unpaired) electrons. The van der Waals surface area contributed by atoms with Crippen molar-refractivity contribution in [2.24, 2.45) is 0 Å². The van der Waals surface area contributed by atoms with Crippen LogP contribution in [-0.4, -0.2) is 4.57 Å². The minimum absolute atomic E-state index is 0.880. The topological polar surface area (TPSA) is 24.6 Å². The predicted octanol–water partition coefficient (Wildman–Crippen LogP) is 26.7. The van der Waals surface area contributed by atoms with Gasteiger partial charge in [-0.15, -0.1) is 22.7 Å². The van der Waals surface area contributed by atoms with Crippen LogP contribution in [0.5, 0.6) is 0 Å². The van der Waals surface area contributed by atoms with E-state index in [9.17, 15) is 0 Å². The molecule has 4 heterocycles. The molecule has 0 unspecified atom stereocenters. The Morgan fingerprint density at radius 3 is 1.16 bits per heavy atom. The normalized spacial score (nSPS) is 11.5. The molecule has 0 amide bonds. The lowest BCUT2D eigenvalue weighted by molar-refractivity contribution is 0.669. The van der Waals surface area contributed by atoms with E-state index in [4.69, 9.17) is 4.42 Å². The van der Waals surface area contributed by atoms with Gasteiger partial charge >= 0.3 is 0 Å². The molecule has 15 aromatic carbocycles. The standard InChI is InChI=1S/C48H32N2S.C42H27NOS/c1-3-11-33(12-4-1)34-19-24-38(25-20-34)49(39-26-21-35(22-27-39)36-23-29-43-42-16-8-10-18-47(42)51-48(43)31-36)40-28-30-46-44(32-40)41-15-7-9-17-45(41)50(46)37-13-5-2-6-14-37;1-2-9-28(10-3-1)29-17-22-32(23-18-29)43(38-14-8-13-37-34-11-4-6-15-39(34)44-42(37)38)33-24-19-30(20-25-33)31-21-26-36-35-12-5-7-16-40(35)45-41(36)27-31/h1-32H;1-27H. The highest BCUT2D eigenvalue weighted by molar-refractivity contribution is 7.26. The van der Waals surface area contributed by atoms with E-state index < -0.39 is 0 Å². The van der Waals surface area contributed by atoms with Gasteiger partial charge in [-0.25, -0.2) is 0 Å². The van der Waals surface area contributed by atoms with E-state index in [1.165, 1.54) is 107 Å². The number of thiophene rings is 2. The molecule has 0 aliphatic rings. The zero-order valence-electron chi connectivity index (χ0n) is 52.1. The van der Waals surface area contributed by atoms with E-state index in [1.807, 2.05) is 34.8 Å². The van der Waals surface area contributed by atoms with Crippen LogP contribution in [0, 0.1) is 0 Å². The van der Waals surface area contributed by atoms with Crippen LogP contribution in [0.3, 0.4) is 0 Å². The average Bonchev–Trinajstić information content (AvgIpc) is 1.52. The van der Waals surface area contributed by atoms with E-state index >= 15 is 0 Å². The summed E-state index contributed by atoms with van der Waals surface area (Å²) in [6.07, 6.45) is 0. The van der Waals surface area contributed by atoms with E-state index in [1.54, 1.807) is 0 Å². The maximum atomic E-state index is 6.52. The molecule has 96 heavy (non-hydrogen) atoms. The minimum atomic E-state index is 0.880. The van der Waals surface area contributed by atoms with Gasteiger partial charge in [-0.05, 0) is 166 Å². The Morgan fingerprint density at radius 2 is 0.615 bits per heavy atom. The van der Waals surface area contributed by atoms with Crippen LogP contribution < -0.4 is 9.80 Å². The first-order valence-electron chi connectivity index (χ1n) is 32.5. The van der Waals surface area contributed by atoms with Gasteiger partial charge in [0.15, 0.2) is 5.58 Å². The van der Waals surface area contributed by atoms with Gasteiger partial charge in [0, 0.05) is 96.0 Å². The molecule has 0 bridgehead atoms. The summed E-state index contributed by atoms with van der Waals surface area (Å²) in [5.41, 5.74) is 21.5. The van der Waals surface area contributed by atoms with Crippen molar-refractivity contribution in [2.45, 2.75) is 0 Å². The van der Waals surface area contributed by atoms with Crippen LogP contribution in [0.4, 0.5) is 34.1 Å². The Labute approximate surface area is 563 Å². The highest BCUT2D eigenvalue weighted by atomic mass is 32.1. The van der Waals surface area contributed by atoms with Crippen LogP contribution in [0.1, 0.15) is 0 Å². The number of nitrogens with zero attached hydrogens (tertiary/aromatic N) is 3. The molecule has 0 aliphatic heterocycles. The molecule has 0 N–H and O–H groups in total. The van der Waals surface area contributed by atoms with Gasteiger partial charge in [-0.1, -0.05) is 237 Å². The van der Waals surface area contributed by atoms with Crippen molar-refractivity contribution in [3.8, 4) is 50.2 Å². The maximum Gasteiger partial charge on any atom is 0.159 e. The summed E-state index contributed by atoms with van der Waals surface area (Å²) >= 11 is 3.72. The van der Waals surface area contributed by atoms with Crippen molar-refractivity contribution in [3.05, 3.63) is 358 Å². The number of rotatable bonds is 11. The Bertz CT molecular complexity index is 6050. The minimum Gasteiger partial charge on any atom is -0.454 e. The van der Waals surface area contributed by atoms with Crippen molar-refractivity contribution < 1.29 is 4.42 Å². The first-order valence-corrected chi connectivity index (χ1v) is 34.2.